The van der Waals surface area contributed by atoms with Crippen LogP contribution in [-0.4, -0.2) is 37.7 Å². The van der Waals surface area contributed by atoms with Gasteiger partial charge in [-0.25, -0.2) is 14.6 Å². The van der Waals surface area contributed by atoms with Crippen LogP contribution in [-0.2, 0) is 5.75 Å². The molecule has 0 bridgehead atoms. The summed E-state index contributed by atoms with van der Waals surface area (Å²) in [7, 11) is 0. The van der Waals surface area contributed by atoms with E-state index in [0.29, 0.717) is 33.8 Å². The Balaban J connectivity index is 1.45. The summed E-state index contributed by atoms with van der Waals surface area (Å²) < 4.78 is 13.3. The topological polar surface area (TPSA) is 104 Å². The lowest BCUT2D eigenvalue weighted by Crippen LogP contribution is -2.15. The number of halogens is 1. The standard InChI is InChI=1S/C21H15BrN6O3S/c22-13-2-5-15(6-3-13)28-16(11-32-21-23-8-1-9-24-21)19(26-27-28)20(29)25-14-4-7-17-18(10-14)31-12-30-17/h1-10H,11-12H2,(H,25,29). The number of anilines is 1. The van der Waals surface area contributed by atoms with Crippen molar-refractivity contribution in [1.82, 2.24) is 25.0 Å². The Hall–Kier alpha value is -3.44. The van der Waals surface area contributed by atoms with Crippen molar-refractivity contribution in [1.29, 1.82) is 0 Å². The average molecular weight is 511 g/mol. The number of carbonyl (C=O) groups excluding carboxylic acids is 1. The second-order valence-electron chi connectivity index (χ2n) is 6.62. The van der Waals surface area contributed by atoms with E-state index in [0.717, 1.165) is 10.2 Å². The number of aromatic nitrogens is 5. The van der Waals surface area contributed by atoms with Crippen LogP contribution in [0.5, 0.6) is 11.5 Å². The number of amides is 1. The fourth-order valence-corrected chi connectivity index (χ4v) is 4.11. The first-order chi connectivity index (χ1) is 15.7. The van der Waals surface area contributed by atoms with Crippen molar-refractivity contribution in [3.8, 4) is 17.2 Å². The summed E-state index contributed by atoms with van der Waals surface area (Å²) in [4.78, 5) is 21.6. The first kappa shape index (κ1) is 20.5. The van der Waals surface area contributed by atoms with Crippen LogP contribution in [0.2, 0.25) is 0 Å². The van der Waals surface area contributed by atoms with E-state index < -0.39 is 0 Å². The summed E-state index contributed by atoms with van der Waals surface area (Å²) in [6.07, 6.45) is 3.35. The lowest BCUT2D eigenvalue weighted by Gasteiger charge is -2.09. The van der Waals surface area contributed by atoms with Gasteiger partial charge in [-0.1, -0.05) is 32.9 Å². The highest BCUT2D eigenvalue weighted by atomic mass is 79.9. The van der Waals surface area contributed by atoms with Crippen molar-refractivity contribution < 1.29 is 14.3 Å². The van der Waals surface area contributed by atoms with Crippen molar-refractivity contribution in [2.45, 2.75) is 10.9 Å². The molecule has 2 aromatic heterocycles. The molecule has 3 heterocycles. The Morgan fingerprint density at radius 1 is 1.09 bits per heavy atom. The van der Waals surface area contributed by atoms with Crippen molar-refractivity contribution >= 4 is 39.3 Å². The molecule has 32 heavy (non-hydrogen) atoms. The summed E-state index contributed by atoms with van der Waals surface area (Å²) in [5.74, 6) is 1.25. The van der Waals surface area contributed by atoms with Gasteiger partial charge in [-0.2, -0.15) is 0 Å². The number of hydrogen-bond acceptors (Lipinski definition) is 8. The van der Waals surface area contributed by atoms with Gasteiger partial charge in [-0.15, -0.1) is 5.10 Å². The number of rotatable bonds is 6. The Labute approximate surface area is 195 Å². The number of ether oxygens (including phenoxy) is 2. The van der Waals surface area contributed by atoms with Gasteiger partial charge in [0.15, 0.2) is 22.3 Å². The maximum atomic E-state index is 13.1. The third kappa shape index (κ3) is 4.30. The van der Waals surface area contributed by atoms with Crippen molar-refractivity contribution in [2.24, 2.45) is 0 Å². The molecule has 5 rings (SSSR count). The maximum Gasteiger partial charge on any atom is 0.278 e. The first-order valence-electron chi connectivity index (χ1n) is 9.49. The minimum atomic E-state index is -0.378. The zero-order chi connectivity index (χ0) is 21.9. The van der Waals surface area contributed by atoms with Gasteiger partial charge in [0.2, 0.25) is 6.79 Å². The van der Waals surface area contributed by atoms with Crippen LogP contribution in [0.25, 0.3) is 5.69 Å². The van der Waals surface area contributed by atoms with Gasteiger partial charge in [0, 0.05) is 34.4 Å². The highest BCUT2D eigenvalue weighted by Gasteiger charge is 2.22. The van der Waals surface area contributed by atoms with Gasteiger partial charge in [-0.3, -0.25) is 4.79 Å². The van der Waals surface area contributed by atoms with Crippen LogP contribution in [0.15, 0.2) is 70.6 Å². The van der Waals surface area contributed by atoms with Gasteiger partial charge in [-0.05, 0) is 42.5 Å². The quantitative estimate of drug-likeness (QED) is 0.305. The lowest BCUT2D eigenvalue weighted by atomic mass is 10.2. The third-order valence-electron chi connectivity index (χ3n) is 4.56. The fourth-order valence-electron chi connectivity index (χ4n) is 3.05. The fraction of sp³-hybridized carbons (Fsp3) is 0.0952. The number of nitrogens with zero attached hydrogens (tertiary/aromatic N) is 5. The predicted octanol–water partition coefficient (Wildman–Crippen LogP) is 4.09. The van der Waals surface area contributed by atoms with E-state index in [1.807, 2.05) is 24.3 Å². The van der Waals surface area contributed by atoms with Gasteiger partial charge < -0.3 is 14.8 Å². The van der Waals surface area contributed by atoms with Crippen LogP contribution in [0.4, 0.5) is 5.69 Å². The number of fused-ring (bicyclic) bond motifs is 1. The molecule has 2 aromatic carbocycles. The molecular formula is C21H15BrN6O3S. The number of nitrogens with one attached hydrogen (secondary N) is 1. The molecule has 160 valence electrons. The molecule has 0 radical (unpaired) electrons. The van der Waals surface area contributed by atoms with Crippen molar-refractivity contribution in [3.05, 3.63) is 76.8 Å². The van der Waals surface area contributed by atoms with Gasteiger partial charge in [0.25, 0.3) is 5.91 Å². The molecule has 1 aliphatic rings. The Morgan fingerprint density at radius 2 is 1.88 bits per heavy atom. The smallest absolute Gasteiger partial charge is 0.278 e. The molecule has 1 amide bonds. The molecule has 0 saturated heterocycles. The van der Waals surface area contributed by atoms with Gasteiger partial charge in [0.1, 0.15) is 0 Å². The molecule has 0 fully saturated rings. The van der Waals surface area contributed by atoms with Crippen molar-refractivity contribution in [2.75, 3.05) is 12.1 Å². The molecule has 0 atom stereocenters. The number of benzene rings is 2. The second-order valence-corrected chi connectivity index (χ2v) is 8.47. The Morgan fingerprint density at radius 3 is 2.69 bits per heavy atom. The zero-order valence-electron chi connectivity index (χ0n) is 16.4. The Bertz CT molecular complexity index is 1270. The molecule has 0 saturated carbocycles. The molecule has 0 spiro atoms. The van der Waals surface area contributed by atoms with E-state index in [4.69, 9.17) is 9.47 Å². The van der Waals surface area contributed by atoms with Crippen LogP contribution < -0.4 is 14.8 Å². The first-order valence-corrected chi connectivity index (χ1v) is 11.3. The van der Waals surface area contributed by atoms with E-state index >= 15 is 0 Å². The normalized spacial score (nSPS) is 12.0. The highest BCUT2D eigenvalue weighted by molar-refractivity contribution is 9.10. The van der Waals surface area contributed by atoms with E-state index in [9.17, 15) is 4.79 Å². The second kappa shape index (κ2) is 8.97. The van der Waals surface area contributed by atoms with E-state index in [2.05, 4.69) is 41.5 Å². The van der Waals surface area contributed by atoms with Crippen molar-refractivity contribution in [3.63, 3.8) is 0 Å². The van der Waals surface area contributed by atoms with Gasteiger partial charge in [0.05, 0.1) is 11.4 Å². The van der Waals surface area contributed by atoms with Crippen LogP contribution >= 0.6 is 27.7 Å². The molecule has 0 unspecified atom stereocenters. The van der Waals surface area contributed by atoms with Gasteiger partial charge >= 0.3 is 0 Å². The zero-order valence-corrected chi connectivity index (χ0v) is 18.8. The molecular weight excluding hydrogens is 496 g/mol. The van der Waals surface area contributed by atoms with E-state index in [1.165, 1.54) is 11.8 Å². The molecule has 1 aliphatic heterocycles. The number of carbonyl (C=O) groups is 1. The van der Waals surface area contributed by atoms with E-state index in [-0.39, 0.29) is 18.4 Å². The number of hydrogen-bond donors (Lipinski definition) is 1. The Kier molecular flexibility index (Phi) is 5.73. The number of thioether (sulfide) groups is 1. The largest absolute Gasteiger partial charge is 0.454 e. The maximum absolute atomic E-state index is 13.1. The molecule has 1 N–H and O–H groups in total. The average Bonchev–Trinajstić information content (AvgIpc) is 3.45. The molecule has 9 nitrogen and oxygen atoms in total. The van der Waals surface area contributed by atoms with Crippen LogP contribution in [0, 0.1) is 0 Å². The van der Waals surface area contributed by atoms with Crippen LogP contribution in [0.1, 0.15) is 16.2 Å². The summed E-state index contributed by atoms with van der Waals surface area (Å²) in [6, 6.07) is 14.6. The summed E-state index contributed by atoms with van der Waals surface area (Å²) in [6.45, 7) is 0.164. The third-order valence-corrected chi connectivity index (χ3v) is 5.98. The SMILES string of the molecule is O=C(Nc1ccc2c(c1)OCO2)c1nnn(-c2ccc(Br)cc2)c1CSc1ncccn1. The lowest BCUT2D eigenvalue weighted by molar-refractivity contribution is 0.102. The summed E-state index contributed by atoms with van der Waals surface area (Å²) >= 11 is 4.83. The minimum absolute atomic E-state index is 0.164. The summed E-state index contributed by atoms with van der Waals surface area (Å²) in [5.41, 5.74) is 2.20. The van der Waals surface area contributed by atoms with Crippen LogP contribution in [0.3, 0.4) is 0 Å². The molecule has 11 heteroatoms. The van der Waals surface area contributed by atoms with E-state index in [1.54, 1.807) is 41.3 Å². The molecule has 4 aromatic rings. The summed E-state index contributed by atoms with van der Waals surface area (Å²) in [5, 5.41) is 11.9. The minimum Gasteiger partial charge on any atom is -0.454 e. The monoisotopic (exact) mass is 510 g/mol. The predicted molar refractivity (Wildman–Crippen MR) is 121 cm³/mol. The molecule has 0 aliphatic carbocycles. The highest BCUT2D eigenvalue weighted by Crippen LogP contribution is 2.34.